The second-order valence-electron chi connectivity index (χ2n) is 6.61. The number of thiophene rings is 1. The van der Waals surface area contributed by atoms with Crippen LogP contribution in [-0.4, -0.2) is 25.6 Å². The molecule has 3 rings (SSSR count). The van der Waals surface area contributed by atoms with E-state index in [-0.39, 0.29) is 11.9 Å². The van der Waals surface area contributed by atoms with Crippen LogP contribution in [0.15, 0.2) is 35.7 Å². The molecule has 0 unspecified atom stereocenters. The minimum atomic E-state index is -0.598. The summed E-state index contributed by atoms with van der Waals surface area (Å²) in [4.78, 5) is 27.3. The number of hydrogen-bond acceptors (Lipinski definition) is 4. The second kappa shape index (κ2) is 6.76. The lowest BCUT2D eigenvalue weighted by Crippen LogP contribution is -2.39. The number of urea groups is 1. The van der Waals surface area contributed by atoms with Crippen LogP contribution in [0.5, 0.6) is 5.75 Å². The number of anilines is 2. The first kappa shape index (κ1) is 17.3. The molecular formula is C18H21N3O3S. The van der Waals surface area contributed by atoms with Gasteiger partial charge in [-0.1, -0.05) is 6.07 Å². The van der Waals surface area contributed by atoms with Crippen LogP contribution in [0.1, 0.15) is 18.7 Å². The summed E-state index contributed by atoms with van der Waals surface area (Å²) in [5.74, 6) is 0.608. The molecule has 0 atom stereocenters. The van der Waals surface area contributed by atoms with Crippen LogP contribution in [-0.2, 0) is 11.3 Å². The van der Waals surface area contributed by atoms with E-state index in [1.54, 1.807) is 41.5 Å². The maximum Gasteiger partial charge on any atom is 0.319 e. The van der Waals surface area contributed by atoms with E-state index in [1.165, 1.54) is 0 Å². The minimum Gasteiger partial charge on any atom is -0.490 e. The number of carbonyl (C=O) groups excluding carboxylic acids is 2. The summed E-state index contributed by atoms with van der Waals surface area (Å²) in [5.41, 5.74) is 0.649. The number of benzene rings is 1. The molecule has 0 saturated heterocycles. The van der Waals surface area contributed by atoms with Gasteiger partial charge < -0.3 is 20.3 Å². The maximum absolute atomic E-state index is 12.5. The van der Waals surface area contributed by atoms with Crippen molar-refractivity contribution >= 4 is 34.6 Å². The Morgan fingerprint density at radius 1 is 1.36 bits per heavy atom. The zero-order valence-corrected chi connectivity index (χ0v) is 15.3. The number of nitrogens with zero attached hydrogens (tertiary/aromatic N) is 1. The van der Waals surface area contributed by atoms with Gasteiger partial charge in [0.2, 0.25) is 5.91 Å². The van der Waals surface area contributed by atoms with Crippen LogP contribution in [0.2, 0.25) is 0 Å². The Kier molecular flexibility index (Phi) is 4.67. The third-order valence-electron chi connectivity index (χ3n) is 4.05. The lowest BCUT2D eigenvalue weighted by atomic mass is 9.93. The first-order valence-corrected chi connectivity index (χ1v) is 8.87. The molecule has 2 heterocycles. The molecule has 1 aliphatic heterocycles. The summed E-state index contributed by atoms with van der Waals surface area (Å²) in [6, 6.07) is 8.90. The molecule has 1 aromatic heterocycles. The van der Waals surface area contributed by atoms with Gasteiger partial charge in [-0.3, -0.25) is 4.79 Å². The Morgan fingerprint density at radius 2 is 2.16 bits per heavy atom. The summed E-state index contributed by atoms with van der Waals surface area (Å²) < 4.78 is 5.77. The maximum atomic E-state index is 12.5. The first-order valence-electron chi connectivity index (χ1n) is 7.99. The molecule has 7 heteroatoms. The van der Waals surface area contributed by atoms with E-state index in [1.807, 2.05) is 31.4 Å². The van der Waals surface area contributed by atoms with Crippen molar-refractivity contribution < 1.29 is 14.3 Å². The highest BCUT2D eigenvalue weighted by Crippen LogP contribution is 2.37. The van der Waals surface area contributed by atoms with Crippen LogP contribution in [0.4, 0.5) is 16.2 Å². The van der Waals surface area contributed by atoms with E-state index in [4.69, 9.17) is 4.74 Å². The van der Waals surface area contributed by atoms with E-state index in [9.17, 15) is 9.59 Å². The number of carbonyl (C=O) groups is 2. The number of amides is 3. The van der Waals surface area contributed by atoms with Gasteiger partial charge in [0.05, 0.1) is 17.6 Å². The van der Waals surface area contributed by atoms with Crippen molar-refractivity contribution in [1.82, 2.24) is 5.32 Å². The fourth-order valence-electron chi connectivity index (χ4n) is 2.62. The SMILES string of the molecule is CN1C(=O)C(C)(C)COc2ccc(NC(=O)NCc3cccs3)cc21. The third kappa shape index (κ3) is 3.76. The Morgan fingerprint density at radius 3 is 2.88 bits per heavy atom. The average molecular weight is 359 g/mol. The molecule has 0 fully saturated rings. The number of rotatable bonds is 3. The number of hydrogen-bond donors (Lipinski definition) is 2. The lowest BCUT2D eigenvalue weighted by molar-refractivity contribution is -0.127. The zero-order chi connectivity index (χ0) is 18.0. The van der Waals surface area contributed by atoms with E-state index >= 15 is 0 Å². The second-order valence-corrected chi connectivity index (χ2v) is 7.64. The van der Waals surface area contributed by atoms with Gasteiger partial charge in [0.15, 0.2) is 0 Å². The van der Waals surface area contributed by atoms with Crippen molar-refractivity contribution in [2.45, 2.75) is 20.4 Å². The van der Waals surface area contributed by atoms with Gasteiger partial charge >= 0.3 is 6.03 Å². The van der Waals surface area contributed by atoms with Crippen LogP contribution in [0, 0.1) is 5.41 Å². The average Bonchev–Trinajstić information content (AvgIpc) is 3.08. The van der Waals surface area contributed by atoms with Gasteiger partial charge in [-0.15, -0.1) is 11.3 Å². The van der Waals surface area contributed by atoms with Crippen LogP contribution in [0.25, 0.3) is 0 Å². The molecule has 25 heavy (non-hydrogen) atoms. The van der Waals surface area contributed by atoms with Crippen molar-refractivity contribution in [3.8, 4) is 5.75 Å². The normalized spacial score (nSPS) is 15.8. The molecule has 0 radical (unpaired) electrons. The smallest absolute Gasteiger partial charge is 0.319 e. The molecule has 0 aliphatic carbocycles. The van der Waals surface area contributed by atoms with Crippen LogP contribution < -0.4 is 20.3 Å². The molecule has 6 nitrogen and oxygen atoms in total. The third-order valence-corrected chi connectivity index (χ3v) is 4.93. The fourth-order valence-corrected chi connectivity index (χ4v) is 3.26. The van der Waals surface area contributed by atoms with Gasteiger partial charge in [0, 0.05) is 17.6 Å². The molecule has 132 valence electrons. The van der Waals surface area contributed by atoms with E-state index in [0.717, 1.165) is 4.88 Å². The predicted molar refractivity (Wildman–Crippen MR) is 99.3 cm³/mol. The Labute approximate surface area is 150 Å². The molecular weight excluding hydrogens is 338 g/mol. The van der Waals surface area contributed by atoms with Crippen LogP contribution >= 0.6 is 11.3 Å². The largest absolute Gasteiger partial charge is 0.490 e. The highest BCUT2D eigenvalue weighted by molar-refractivity contribution is 7.09. The van der Waals surface area contributed by atoms with Crippen molar-refractivity contribution in [2.24, 2.45) is 5.41 Å². The van der Waals surface area contributed by atoms with Crippen molar-refractivity contribution in [1.29, 1.82) is 0 Å². The summed E-state index contributed by atoms with van der Waals surface area (Å²) in [7, 11) is 1.72. The molecule has 2 aromatic rings. The highest BCUT2D eigenvalue weighted by atomic mass is 32.1. The minimum absolute atomic E-state index is 0.0226. The Bertz CT molecular complexity index is 787. The van der Waals surface area contributed by atoms with Gasteiger partial charge in [-0.05, 0) is 43.5 Å². The molecule has 1 aliphatic rings. The van der Waals surface area contributed by atoms with Crippen molar-refractivity contribution in [3.63, 3.8) is 0 Å². The predicted octanol–water partition coefficient (Wildman–Crippen LogP) is 3.45. The van der Waals surface area contributed by atoms with E-state index in [0.29, 0.717) is 30.3 Å². The first-order chi connectivity index (χ1) is 11.9. The number of fused-ring (bicyclic) bond motifs is 1. The monoisotopic (exact) mass is 359 g/mol. The molecule has 3 amide bonds. The summed E-state index contributed by atoms with van der Waals surface area (Å²) in [6.45, 7) is 4.51. The number of ether oxygens (including phenoxy) is 1. The lowest BCUT2D eigenvalue weighted by Gasteiger charge is -2.24. The van der Waals surface area contributed by atoms with Gasteiger partial charge in [0.1, 0.15) is 12.4 Å². The van der Waals surface area contributed by atoms with Gasteiger partial charge in [0.25, 0.3) is 0 Å². The molecule has 0 bridgehead atoms. The summed E-state index contributed by atoms with van der Waals surface area (Å²) in [5, 5.41) is 7.57. The number of nitrogens with one attached hydrogen (secondary N) is 2. The van der Waals surface area contributed by atoms with Crippen molar-refractivity contribution in [3.05, 3.63) is 40.6 Å². The highest BCUT2D eigenvalue weighted by Gasteiger charge is 2.36. The Balaban J connectivity index is 1.72. The van der Waals surface area contributed by atoms with Crippen molar-refractivity contribution in [2.75, 3.05) is 23.9 Å². The standard InChI is InChI=1S/C18H21N3O3S/c1-18(2)11-24-15-7-6-12(9-14(15)21(3)16(18)22)20-17(23)19-10-13-5-4-8-25-13/h4-9H,10-11H2,1-3H3,(H2,19,20,23). The van der Waals surface area contributed by atoms with Gasteiger partial charge in [-0.2, -0.15) is 0 Å². The topological polar surface area (TPSA) is 70.7 Å². The molecule has 0 spiro atoms. The fraction of sp³-hybridized carbons (Fsp3) is 0.333. The van der Waals surface area contributed by atoms with Gasteiger partial charge in [-0.25, -0.2) is 4.79 Å². The quantitative estimate of drug-likeness (QED) is 0.882. The Hall–Kier alpha value is -2.54. The molecule has 0 saturated carbocycles. The molecule has 1 aromatic carbocycles. The summed E-state index contributed by atoms with van der Waals surface area (Å²) in [6.07, 6.45) is 0. The molecule has 2 N–H and O–H groups in total. The van der Waals surface area contributed by atoms with E-state index < -0.39 is 5.41 Å². The summed E-state index contributed by atoms with van der Waals surface area (Å²) >= 11 is 1.59. The zero-order valence-electron chi connectivity index (χ0n) is 14.5. The van der Waals surface area contributed by atoms with E-state index in [2.05, 4.69) is 10.6 Å². The van der Waals surface area contributed by atoms with Crippen LogP contribution in [0.3, 0.4) is 0 Å².